The number of hydrogen-bond acceptors (Lipinski definition) is 1. The number of halogens is 3. The molecule has 0 heterocycles. The lowest BCUT2D eigenvalue weighted by molar-refractivity contribution is -0.138. The number of alkyl halides is 3. The monoisotopic (exact) mass is 198 g/mol. The van der Waals surface area contributed by atoms with Crippen LogP contribution in [0.2, 0.25) is 0 Å². The van der Waals surface area contributed by atoms with Crippen molar-refractivity contribution in [3.05, 3.63) is 0 Å². The van der Waals surface area contributed by atoms with Gasteiger partial charge in [0.25, 0.3) is 0 Å². The van der Waals surface area contributed by atoms with Gasteiger partial charge in [0.15, 0.2) is 0 Å². The minimum atomic E-state index is -4.09. The maximum absolute atomic E-state index is 11.8. The first-order valence-electron chi connectivity index (χ1n) is 4.62. The van der Waals surface area contributed by atoms with Crippen molar-refractivity contribution < 1.29 is 18.3 Å². The summed E-state index contributed by atoms with van der Waals surface area (Å²) in [6.07, 6.45) is -3.61. The van der Waals surface area contributed by atoms with Crippen LogP contribution in [0, 0.1) is 0 Å². The Balaban J connectivity index is 3.74. The Morgan fingerprint density at radius 1 is 1.00 bits per heavy atom. The molecule has 13 heavy (non-hydrogen) atoms. The largest absolute Gasteiger partial charge is 0.390 e. The summed E-state index contributed by atoms with van der Waals surface area (Å²) in [5, 5.41) is 9.66. The van der Waals surface area contributed by atoms with Crippen LogP contribution in [0.4, 0.5) is 13.2 Å². The molecule has 1 nitrogen and oxygen atoms in total. The Hall–Kier alpha value is -0.250. The maximum atomic E-state index is 11.8. The molecule has 0 aromatic carbocycles. The first-order chi connectivity index (χ1) is 5.83. The van der Waals surface area contributed by atoms with Crippen LogP contribution < -0.4 is 0 Å². The highest BCUT2D eigenvalue weighted by molar-refractivity contribution is 4.74. The van der Waals surface area contributed by atoms with Crippen LogP contribution in [0.5, 0.6) is 0 Å². The molecular formula is C9H17F3O. The third-order valence-corrected chi connectivity index (χ3v) is 2.42. The second-order valence-corrected chi connectivity index (χ2v) is 3.40. The zero-order valence-electron chi connectivity index (χ0n) is 8.12. The molecule has 0 unspecified atom stereocenters. The molecule has 0 atom stereocenters. The van der Waals surface area contributed by atoms with Gasteiger partial charge in [0.1, 0.15) is 0 Å². The van der Waals surface area contributed by atoms with E-state index in [4.69, 9.17) is 0 Å². The standard InChI is InChI=1S/C9H17F3O/c1-3-8(13,4-2)6-5-7-9(10,11)12/h13H,3-7H2,1-2H3. The normalized spacial score (nSPS) is 13.4. The van der Waals surface area contributed by atoms with E-state index in [0.29, 0.717) is 12.8 Å². The third-order valence-electron chi connectivity index (χ3n) is 2.42. The summed E-state index contributed by atoms with van der Waals surface area (Å²) in [4.78, 5) is 0. The summed E-state index contributed by atoms with van der Waals surface area (Å²) < 4.78 is 35.3. The fourth-order valence-corrected chi connectivity index (χ4v) is 1.22. The Morgan fingerprint density at radius 3 is 1.77 bits per heavy atom. The van der Waals surface area contributed by atoms with Gasteiger partial charge in [-0.1, -0.05) is 13.8 Å². The van der Waals surface area contributed by atoms with Crippen LogP contribution >= 0.6 is 0 Å². The van der Waals surface area contributed by atoms with Gasteiger partial charge in [-0.15, -0.1) is 0 Å². The molecule has 0 rings (SSSR count). The summed E-state index contributed by atoms with van der Waals surface area (Å²) in [7, 11) is 0. The molecule has 0 aliphatic heterocycles. The Labute approximate surface area is 76.9 Å². The molecule has 0 aromatic rings. The van der Waals surface area contributed by atoms with E-state index in [9.17, 15) is 18.3 Å². The minimum Gasteiger partial charge on any atom is -0.390 e. The van der Waals surface area contributed by atoms with Gasteiger partial charge in [0.05, 0.1) is 5.60 Å². The average molecular weight is 198 g/mol. The molecule has 0 radical (unpaired) electrons. The zero-order chi connectivity index (χ0) is 10.5. The molecular weight excluding hydrogens is 181 g/mol. The summed E-state index contributed by atoms with van der Waals surface area (Å²) in [5.74, 6) is 0. The quantitative estimate of drug-likeness (QED) is 0.718. The van der Waals surface area contributed by atoms with Crippen LogP contribution in [0.25, 0.3) is 0 Å². The molecule has 4 heteroatoms. The molecule has 0 amide bonds. The SMILES string of the molecule is CCC(O)(CC)CCCC(F)(F)F. The third kappa shape index (κ3) is 5.91. The van der Waals surface area contributed by atoms with Crippen molar-refractivity contribution in [2.45, 2.75) is 57.7 Å². The molecule has 0 saturated heterocycles. The molecule has 0 aliphatic rings. The molecule has 0 aromatic heterocycles. The Kier molecular flexibility index (Phi) is 4.75. The summed E-state index contributed by atoms with van der Waals surface area (Å²) in [6, 6.07) is 0. The molecule has 80 valence electrons. The lowest BCUT2D eigenvalue weighted by Gasteiger charge is -2.25. The van der Waals surface area contributed by atoms with Gasteiger partial charge in [-0.2, -0.15) is 13.2 Å². The van der Waals surface area contributed by atoms with Gasteiger partial charge in [0.2, 0.25) is 0 Å². The predicted molar refractivity (Wildman–Crippen MR) is 45.4 cm³/mol. The highest BCUT2D eigenvalue weighted by Crippen LogP contribution is 2.27. The molecule has 1 N–H and O–H groups in total. The van der Waals surface area contributed by atoms with E-state index in [1.807, 2.05) is 0 Å². The van der Waals surface area contributed by atoms with Crippen LogP contribution in [-0.4, -0.2) is 16.9 Å². The smallest absolute Gasteiger partial charge is 0.389 e. The first kappa shape index (κ1) is 12.8. The van der Waals surface area contributed by atoms with E-state index in [-0.39, 0.29) is 12.8 Å². The Bertz CT molecular complexity index is 138. The highest BCUT2D eigenvalue weighted by atomic mass is 19.4. The summed E-state index contributed by atoms with van der Waals surface area (Å²) >= 11 is 0. The van der Waals surface area contributed by atoms with E-state index in [1.54, 1.807) is 13.8 Å². The fraction of sp³-hybridized carbons (Fsp3) is 1.00. The number of aliphatic hydroxyl groups is 1. The van der Waals surface area contributed by atoms with Gasteiger partial charge in [-0.3, -0.25) is 0 Å². The van der Waals surface area contributed by atoms with Crippen LogP contribution in [0.3, 0.4) is 0 Å². The fourth-order valence-electron chi connectivity index (χ4n) is 1.22. The van der Waals surface area contributed by atoms with Gasteiger partial charge in [0, 0.05) is 6.42 Å². The molecule has 0 saturated carbocycles. The topological polar surface area (TPSA) is 20.2 Å². The highest BCUT2D eigenvalue weighted by Gasteiger charge is 2.29. The van der Waals surface area contributed by atoms with Crippen molar-refractivity contribution >= 4 is 0 Å². The maximum Gasteiger partial charge on any atom is 0.389 e. The molecule has 0 bridgehead atoms. The van der Waals surface area contributed by atoms with Gasteiger partial charge in [-0.05, 0) is 25.7 Å². The predicted octanol–water partition coefficient (Wildman–Crippen LogP) is 3.27. The first-order valence-corrected chi connectivity index (χ1v) is 4.62. The van der Waals surface area contributed by atoms with E-state index >= 15 is 0 Å². The summed E-state index contributed by atoms with van der Waals surface area (Å²) in [5.41, 5.74) is -0.898. The van der Waals surface area contributed by atoms with E-state index < -0.39 is 18.2 Å². The molecule has 0 fully saturated rings. The van der Waals surface area contributed by atoms with Gasteiger partial charge in [-0.25, -0.2) is 0 Å². The lowest BCUT2D eigenvalue weighted by Crippen LogP contribution is -2.26. The van der Waals surface area contributed by atoms with Crippen LogP contribution in [-0.2, 0) is 0 Å². The minimum absolute atomic E-state index is 0.0156. The number of hydrogen-bond donors (Lipinski definition) is 1. The Morgan fingerprint density at radius 2 is 1.46 bits per heavy atom. The van der Waals surface area contributed by atoms with Gasteiger partial charge < -0.3 is 5.11 Å². The molecule has 0 spiro atoms. The average Bonchev–Trinajstić information content (AvgIpc) is 2.02. The number of rotatable bonds is 5. The van der Waals surface area contributed by atoms with Crippen molar-refractivity contribution in [1.82, 2.24) is 0 Å². The van der Waals surface area contributed by atoms with Crippen molar-refractivity contribution in [3.8, 4) is 0 Å². The second-order valence-electron chi connectivity index (χ2n) is 3.40. The second kappa shape index (κ2) is 4.84. The van der Waals surface area contributed by atoms with Crippen molar-refractivity contribution in [1.29, 1.82) is 0 Å². The van der Waals surface area contributed by atoms with Crippen molar-refractivity contribution in [2.24, 2.45) is 0 Å². The van der Waals surface area contributed by atoms with E-state index in [0.717, 1.165) is 0 Å². The van der Waals surface area contributed by atoms with Crippen LogP contribution in [0.15, 0.2) is 0 Å². The van der Waals surface area contributed by atoms with Crippen molar-refractivity contribution in [2.75, 3.05) is 0 Å². The van der Waals surface area contributed by atoms with Crippen LogP contribution in [0.1, 0.15) is 46.0 Å². The zero-order valence-corrected chi connectivity index (χ0v) is 8.12. The van der Waals surface area contributed by atoms with Gasteiger partial charge >= 0.3 is 6.18 Å². The van der Waals surface area contributed by atoms with E-state index in [1.165, 1.54) is 0 Å². The summed E-state index contributed by atoms with van der Waals surface area (Å²) in [6.45, 7) is 3.58. The van der Waals surface area contributed by atoms with Crippen molar-refractivity contribution in [3.63, 3.8) is 0 Å². The lowest BCUT2D eigenvalue weighted by atomic mass is 9.91. The molecule has 0 aliphatic carbocycles. The van der Waals surface area contributed by atoms with E-state index in [2.05, 4.69) is 0 Å².